The summed E-state index contributed by atoms with van der Waals surface area (Å²) in [5.41, 5.74) is 1.39. The SMILES string of the molecule is COC1(c2cccc(NS(C)(=O)=O)c2)C2CCC1CNC2. The molecular weight excluding hydrogens is 288 g/mol. The van der Waals surface area contributed by atoms with E-state index in [-0.39, 0.29) is 5.60 Å². The molecule has 5 nitrogen and oxygen atoms in total. The van der Waals surface area contributed by atoms with E-state index in [1.807, 2.05) is 18.2 Å². The van der Waals surface area contributed by atoms with Crippen molar-refractivity contribution in [2.75, 3.05) is 31.2 Å². The Morgan fingerprint density at radius 3 is 2.52 bits per heavy atom. The van der Waals surface area contributed by atoms with Crippen LogP contribution in [0.3, 0.4) is 0 Å². The van der Waals surface area contributed by atoms with Crippen molar-refractivity contribution >= 4 is 15.7 Å². The average Bonchev–Trinajstić information content (AvgIpc) is 2.60. The Labute approximate surface area is 126 Å². The normalized spacial score (nSPS) is 32.1. The molecule has 0 aromatic heterocycles. The minimum Gasteiger partial charge on any atom is -0.373 e. The molecule has 1 aliphatic carbocycles. The van der Waals surface area contributed by atoms with Crippen molar-refractivity contribution in [2.24, 2.45) is 11.8 Å². The summed E-state index contributed by atoms with van der Waals surface area (Å²) in [4.78, 5) is 0. The third-order valence-electron chi connectivity index (χ3n) is 4.81. The van der Waals surface area contributed by atoms with Crippen molar-refractivity contribution in [3.8, 4) is 0 Å². The van der Waals surface area contributed by atoms with E-state index in [0.29, 0.717) is 17.5 Å². The molecule has 1 aromatic carbocycles. The number of hydrogen-bond donors (Lipinski definition) is 2. The number of piperidine rings is 1. The van der Waals surface area contributed by atoms with Gasteiger partial charge in [0.1, 0.15) is 5.60 Å². The van der Waals surface area contributed by atoms with Gasteiger partial charge >= 0.3 is 0 Å². The van der Waals surface area contributed by atoms with Crippen molar-refractivity contribution in [1.82, 2.24) is 5.32 Å². The van der Waals surface area contributed by atoms with Crippen LogP contribution in [-0.4, -0.2) is 34.9 Å². The molecule has 1 saturated carbocycles. The third-order valence-corrected chi connectivity index (χ3v) is 5.42. The lowest BCUT2D eigenvalue weighted by Crippen LogP contribution is -2.51. The first-order valence-electron chi connectivity index (χ1n) is 7.30. The van der Waals surface area contributed by atoms with Crippen LogP contribution in [0.1, 0.15) is 18.4 Å². The van der Waals surface area contributed by atoms with Crippen molar-refractivity contribution in [3.63, 3.8) is 0 Å². The third kappa shape index (κ3) is 2.56. The fourth-order valence-corrected chi connectivity index (χ4v) is 4.62. The molecule has 2 bridgehead atoms. The van der Waals surface area contributed by atoms with Gasteiger partial charge < -0.3 is 10.1 Å². The zero-order valence-corrected chi connectivity index (χ0v) is 13.2. The summed E-state index contributed by atoms with van der Waals surface area (Å²) < 4.78 is 31.4. The van der Waals surface area contributed by atoms with Gasteiger partial charge in [-0.25, -0.2) is 8.42 Å². The van der Waals surface area contributed by atoms with Gasteiger partial charge in [-0.2, -0.15) is 0 Å². The standard InChI is InChI=1S/C15H22N2O3S/c1-20-15(12-6-7-13(15)10-16-9-12)11-4-3-5-14(8-11)17-21(2,18)19/h3-5,8,12-13,16-17H,6-7,9-10H2,1-2H3. The second-order valence-corrected chi connectivity index (χ2v) is 7.83. The van der Waals surface area contributed by atoms with E-state index in [4.69, 9.17) is 4.74 Å². The molecule has 3 rings (SSSR count). The summed E-state index contributed by atoms with van der Waals surface area (Å²) in [5.74, 6) is 0.879. The molecule has 2 fully saturated rings. The van der Waals surface area contributed by atoms with Crippen LogP contribution >= 0.6 is 0 Å². The van der Waals surface area contributed by atoms with Crippen LogP contribution in [0.2, 0.25) is 0 Å². The topological polar surface area (TPSA) is 67.4 Å². The number of methoxy groups -OCH3 is 1. The predicted octanol–water partition coefficient (Wildman–Crippen LogP) is 1.53. The molecule has 1 heterocycles. The number of nitrogens with one attached hydrogen (secondary N) is 2. The summed E-state index contributed by atoms with van der Waals surface area (Å²) in [7, 11) is -1.49. The van der Waals surface area contributed by atoms with Gasteiger partial charge in [0.2, 0.25) is 10.0 Å². The van der Waals surface area contributed by atoms with E-state index in [1.165, 1.54) is 6.26 Å². The van der Waals surface area contributed by atoms with E-state index >= 15 is 0 Å². The molecule has 0 amide bonds. The lowest BCUT2D eigenvalue weighted by molar-refractivity contribution is -0.0931. The molecule has 116 valence electrons. The monoisotopic (exact) mass is 310 g/mol. The van der Waals surface area contributed by atoms with Crippen LogP contribution in [0.4, 0.5) is 5.69 Å². The van der Waals surface area contributed by atoms with Gasteiger partial charge in [-0.15, -0.1) is 0 Å². The van der Waals surface area contributed by atoms with Gasteiger partial charge in [0.05, 0.1) is 6.26 Å². The highest BCUT2D eigenvalue weighted by Gasteiger charge is 2.53. The van der Waals surface area contributed by atoms with Gasteiger partial charge in [0.15, 0.2) is 0 Å². The van der Waals surface area contributed by atoms with Crippen LogP contribution in [0.25, 0.3) is 0 Å². The second-order valence-electron chi connectivity index (χ2n) is 6.08. The minimum absolute atomic E-state index is 0.291. The predicted molar refractivity (Wildman–Crippen MR) is 82.7 cm³/mol. The molecule has 1 saturated heterocycles. The number of anilines is 1. The smallest absolute Gasteiger partial charge is 0.229 e. The Balaban J connectivity index is 2.00. The first-order chi connectivity index (χ1) is 9.95. The van der Waals surface area contributed by atoms with Crippen molar-refractivity contribution in [3.05, 3.63) is 29.8 Å². The van der Waals surface area contributed by atoms with Gasteiger partial charge in [-0.1, -0.05) is 12.1 Å². The maximum Gasteiger partial charge on any atom is 0.229 e. The molecule has 0 radical (unpaired) electrons. The number of ether oxygens (including phenoxy) is 1. The van der Waals surface area contributed by atoms with Gasteiger partial charge in [0, 0.05) is 37.7 Å². The van der Waals surface area contributed by atoms with E-state index < -0.39 is 10.0 Å². The van der Waals surface area contributed by atoms with Gasteiger partial charge in [-0.05, 0) is 30.5 Å². The number of fused-ring (bicyclic) bond motifs is 2. The summed E-state index contributed by atoms with van der Waals surface area (Å²) in [6, 6.07) is 7.64. The Hall–Kier alpha value is -1.11. The highest BCUT2D eigenvalue weighted by Crippen LogP contribution is 2.52. The zero-order valence-electron chi connectivity index (χ0n) is 12.4. The second kappa shape index (κ2) is 5.26. The number of sulfonamides is 1. The van der Waals surface area contributed by atoms with Crippen molar-refractivity contribution < 1.29 is 13.2 Å². The quantitative estimate of drug-likeness (QED) is 0.885. The number of rotatable bonds is 4. The van der Waals surface area contributed by atoms with E-state index in [0.717, 1.165) is 31.5 Å². The largest absolute Gasteiger partial charge is 0.373 e. The van der Waals surface area contributed by atoms with Crippen LogP contribution in [-0.2, 0) is 20.4 Å². The molecule has 1 aromatic rings. The molecule has 0 spiro atoms. The lowest BCUT2D eigenvalue weighted by Gasteiger charge is -2.43. The number of hydrogen-bond acceptors (Lipinski definition) is 4. The van der Waals surface area contributed by atoms with Crippen LogP contribution < -0.4 is 10.0 Å². The summed E-state index contributed by atoms with van der Waals surface area (Å²) >= 11 is 0. The average molecular weight is 310 g/mol. The van der Waals surface area contributed by atoms with Crippen LogP contribution in [0, 0.1) is 11.8 Å². The zero-order chi connectivity index (χ0) is 15.1. The molecule has 2 atom stereocenters. The first-order valence-corrected chi connectivity index (χ1v) is 9.19. The lowest BCUT2D eigenvalue weighted by atomic mass is 9.75. The van der Waals surface area contributed by atoms with E-state index in [2.05, 4.69) is 10.0 Å². The first kappa shape index (κ1) is 14.8. The fourth-order valence-electron chi connectivity index (χ4n) is 4.07. The van der Waals surface area contributed by atoms with Crippen molar-refractivity contribution in [2.45, 2.75) is 18.4 Å². The van der Waals surface area contributed by atoms with Crippen LogP contribution in [0.5, 0.6) is 0 Å². The summed E-state index contributed by atoms with van der Waals surface area (Å²) in [6.07, 6.45) is 3.46. The highest BCUT2D eigenvalue weighted by molar-refractivity contribution is 7.92. The maximum absolute atomic E-state index is 11.4. The Bertz CT molecular complexity index is 614. The molecule has 2 unspecified atom stereocenters. The molecular formula is C15H22N2O3S. The van der Waals surface area contributed by atoms with Gasteiger partial charge in [0.25, 0.3) is 0 Å². The molecule has 21 heavy (non-hydrogen) atoms. The summed E-state index contributed by atoms with van der Waals surface area (Å²) in [6.45, 7) is 1.90. The molecule has 2 N–H and O–H groups in total. The molecule has 1 aliphatic heterocycles. The van der Waals surface area contributed by atoms with Crippen LogP contribution in [0.15, 0.2) is 24.3 Å². The number of benzene rings is 1. The highest BCUT2D eigenvalue weighted by atomic mass is 32.2. The molecule has 2 aliphatic rings. The minimum atomic E-state index is -3.27. The Morgan fingerprint density at radius 2 is 1.95 bits per heavy atom. The summed E-state index contributed by atoms with van der Waals surface area (Å²) in [5, 5.41) is 3.47. The van der Waals surface area contributed by atoms with Gasteiger partial charge in [-0.3, -0.25) is 4.72 Å². The Kier molecular flexibility index (Phi) is 3.71. The van der Waals surface area contributed by atoms with E-state index in [1.54, 1.807) is 13.2 Å². The van der Waals surface area contributed by atoms with Crippen molar-refractivity contribution in [1.29, 1.82) is 0 Å². The van der Waals surface area contributed by atoms with E-state index in [9.17, 15) is 8.42 Å². The fraction of sp³-hybridized carbons (Fsp3) is 0.600. The maximum atomic E-state index is 11.4. The Morgan fingerprint density at radius 1 is 1.29 bits per heavy atom. The molecule has 6 heteroatoms.